The maximum Gasteiger partial charge on any atom is 0.419 e. The van der Waals surface area contributed by atoms with Crippen LogP contribution in [0.3, 0.4) is 0 Å². The van der Waals surface area contributed by atoms with E-state index in [4.69, 9.17) is 0 Å². The summed E-state index contributed by atoms with van der Waals surface area (Å²) in [5.41, 5.74) is -0.781. The quantitative estimate of drug-likeness (QED) is 0.844. The molecule has 6 nitrogen and oxygen atoms in total. The molecule has 0 aromatic carbocycles. The van der Waals surface area contributed by atoms with Crippen LogP contribution >= 0.6 is 11.3 Å². The number of hydrogen-bond acceptors (Lipinski definition) is 6. The van der Waals surface area contributed by atoms with E-state index in [1.54, 1.807) is 0 Å². The fourth-order valence-corrected chi connectivity index (χ4v) is 3.73. The molecule has 2 aromatic rings. The Labute approximate surface area is 158 Å². The zero-order valence-electron chi connectivity index (χ0n) is 15.0. The smallest absolute Gasteiger partial charge is 0.355 e. The number of halogens is 3. The molecule has 1 saturated heterocycles. The highest BCUT2D eigenvalue weighted by atomic mass is 32.1. The van der Waals surface area contributed by atoms with Crippen molar-refractivity contribution in [3.8, 4) is 0 Å². The van der Waals surface area contributed by atoms with Crippen molar-refractivity contribution in [1.29, 1.82) is 0 Å². The van der Waals surface area contributed by atoms with Crippen molar-refractivity contribution in [2.75, 3.05) is 23.3 Å². The Bertz CT molecular complexity index is 808. The lowest BCUT2D eigenvalue weighted by Gasteiger charge is -2.34. The van der Waals surface area contributed by atoms with Gasteiger partial charge in [-0.05, 0) is 25.0 Å². The first kappa shape index (κ1) is 19.5. The Morgan fingerprint density at radius 2 is 2.15 bits per heavy atom. The van der Waals surface area contributed by atoms with Crippen LogP contribution in [0.25, 0.3) is 0 Å². The summed E-state index contributed by atoms with van der Waals surface area (Å²) >= 11 is 1.31. The van der Waals surface area contributed by atoms with Crippen LogP contribution in [0.4, 0.5) is 24.1 Å². The second-order valence-electron chi connectivity index (χ2n) is 6.75. The zero-order valence-corrected chi connectivity index (χ0v) is 15.8. The number of alkyl halides is 3. The number of nitrogens with one attached hydrogen (secondary N) is 1. The van der Waals surface area contributed by atoms with E-state index in [2.05, 4.69) is 20.5 Å². The van der Waals surface area contributed by atoms with Crippen LogP contribution in [0.15, 0.2) is 18.3 Å². The van der Waals surface area contributed by atoms with E-state index in [9.17, 15) is 18.0 Å². The van der Waals surface area contributed by atoms with Crippen LogP contribution in [0, 0.1) is 5.92 Å². The summed E-state index contributed by atoms with van der Waals surface area (Å²) in [5.74, 6) is -0.604. The number of carbonyl (C=O) groups excluding carboxylic acids is 1. The molecule has 0 spiro atoms. The van der Waals surface area contributed by atoms with E-state index >= 15 is 0 Å². The maximum atomic E-state index is 13.3. The molecule has 1 amide bonds. The van der Waals surface area contributed by atoms with E-state index in [-0.39, 0.29) is 24.2 Å². The first-order chi connectivity index (χ1) is 12.8. The van der Waals surface area contributed by atoms with Gasteiger partial charge in [0, 0.05) is 25.2 Å². The van der Waals surface area contributed by atoms with E-state index < -0.39 is 17.7 Å². The highest BCUT2D eigenvalue weighted by Gasteiger charge is 2.37. The molecule has 0 saturated carbocycles. The fourth-order valence-electron chi connectivity index (χ4n) is 2.98. The van der Waals surface area contributed by atoms with Gasteiger partial charge in [0.15, 0.2) is 0 Å². The van der Waals surface area contributed by atoms with Gasteiger partial charge in [0.2, 0.25) is 11.0 Å². The number of hydrogen-bond donors (Lipinski definition) is 1. The molecule has 1 unspecified atom stereocenters. The van der Waals surface area contributed by atoms with Crippen molar-refractivity contribution < 1.29 is 18.0 Å². The molecule has 2 aromatic heterocycles. The number of carbonyl (C=O) groups is 1. The number of aromatic nitrogens is 3. The summed E-state index contributed by atoms with van der Waals surface area (Å²) in [6.45, 7) is 4.58. The largest absolute Gasteiger partial charge is 0.419 e. The first-order valence-electron chi connectivity index (χ1n) is 8.67. The van der Waals surface area contributed by atoms with Crippen LogP contribution in [0.2, 0.25) is 0 Å². The molecule has 0 bridgehead atoms. The third-order valence-electron chi connectivity index (χ3n) is 4.35. The van der Waals surface area contributed by atoms with Crippen LogP contribution in [-0.4, -0.2) is 34.2 Å². The number of piperidine rings is 1. The third kappa shape index (κ3) is 4.55. The Kier molecular flexibility index (Phi) is 5.64. The Hall–Kier alpha value is -2.23. The van der Waals surface area contributed by atoms with Crippen molar-refractivity contribution in [3.63, 3.8) is 0 Å². The van der Waals surface area contributed by atoms with Gasteiger partial charge >= 0.3 is 6.18 Å². The van der Waals surface area contributed by atoms with E-state index in [0.29, 0.717) is 24.5 Å². The highest BCUT2D eigenvalue weighted by molar-refractivity contribution is 7.15. The summed E-state index contributed by atoms with van der Waals surface area (Å²) in [5, 5.41) is 12.0. The van der Waals surface area contributed by atoms with Gasteiger partial charge in [-0.25, -0.2) is 4.98 Å². The van der Waals surface area contributed by atoms with Crippen LogP contribution in [0.5, 0.6) is 0 Å². The van der Waals surface area contributed by atoms with Gasteiger partial charge in [-0.15, -0.1) is 10.2 Å². The molecule has 146 valence electrons. The second-order valence-corrected chi connectivity index (χ2v) is 7.76. The summed E-state index contributed by atoms with van der Waals surface area (Å²) in [6.07, 6.45) is -1.94. The molecular formula is C17H20F3N5OS. The van der Waals surface area contributed by atoms with E-state index in [1.807, 2.05) is 13.8 Å². The van der Waals surface area contributed by atoms with Gasteiger partial charge < -0.3 is 10.2 Å². The molecule has 3 rings (SSSR count). The minimum absolute atomic E-state index is 0.125. The van der Waals surface area contributed by atoms with Crippen molar-refractivity contribution >= 4 is 28.2 Å². The average molecular weight is 399 g/mol. The van der Waals surface area contributed by atoms with Crippen molar-refractivity contribution in [2.45, 2.75) is 38.8 Å². The minimum Gasteiger partial charge on any atom is -0.355 e. The molecule has 27 heavy (non-hydrogen) atoms. The molecule has 0 radical (unpaired) electrons. The Balaban J connectivity index is 1.72. The third-order valence-corrected chi connectivity index (χ3v) is 5.49. The van der Waals surface area contributed by atoms with Gasteiger partial charge in [0.1, 0.15) is 10.8 Å². The molecular weight excluding hydrogens is 379 g/mol. The number of rotatable bonds is 4. The van der Waals surface area contributed by atoms with Crippen molar-refractivity contribution in [1.82, 2.24) is 15.2 Å². The minimum atomic E-state index is -4.49. The number of anilines is 2. The van der Waals surface area contributed by atoms with Crippen LogP contribution in [0.1, 0.15) is 43.2 Å². The predicted octanol–water partition coefficient (Wildman–Crippen LogP) is 3.93. The van der Waals surface area contributed by atoms with Gasteiger partial charge in [-0.3, -0.25) is 4.79 Å². The van der Waals surface area contributed by atoms with E-state index in [0.717, 1.165) is 11.1 Å². The van der Waals surface area contributed by atoms with Crippen LogP contribution in [-0.2, 0) is 11.0 Å². The second kappa shape index (κ2) is 7.79. The zero-order chi connectivity index (χ0) is 19.6. The molecule has 10 heteroatoms. The summed E-state index contributed by atoms with van der Waals surface area (Å²) in [4.78, 5) is 18.0. The summed E-state index contributed by atoms with van der Waals surface area (Å²) in [6, 6.07) is 2.28. The van der Waals surface area contributed by atoms with Gasteiger partial charge in [-0.1, -0.05) is 25.2 Å². The lowest BCUT2D eigenvalue weighted by atomic mass is 9.97. The molecule has 1 aliphatic heterocycles. The molecule has 1 N–H and O–H groups in total. The van der Waals surface area contributed by atoms with E-state index in [1.165, 1.54) is 28.5 Å². The van der Waals surface area contributed by atoms with Gasteiger partial charge in [0.05, 0.1) is 11.5 Å². The average Bonchev–Trinajstić information content (AvgIpc) is 3.10. The number of pyridine rings is 1. The molecule has 1 fully saturated rings. The number of amides is 1. The predicted molar refractivity (Wildman–Crippen MR) is 96.8 cm³/mol. The Morgan fingerprint density at radius 1 is 1.37 bits per heavy atom. The SMILES string of the molecule is CC(C)c1nnc(NC(=O)C2CCCN(c3ncccc3C(F)(F)F)C2)s1. The number of nitrogens with zero attached hydrogens (tertiary/aromatic N) is 4. The molecule has 1 atom stereocenters. The van der Waals surface area contributed by atoms with Crippen LogP contribution < -0.4 is 10.2 Å². The van der Waals surface area contributed by atoms with Gasteiger partial charge in [-0.2, -0.15) is 13.2 Å². The fraction of sp³-hybridized carbons (Fsp3) is 0.529. The Morgan fingerprint density at radius 3 is 2.81 bits per heavy atom. The highest BCUT2D eigenvalue weighted by Crippen LogP contribution is 2.36. The summed E-state index contributed by atoms with van der Waals surface area (Å²) < 4.78 is 39.8. The van der Waals surface area contributed by atoms with Crippen molar-refractivity contribution in [2.24, 2.45) is 5.92 Å². The van der Waals surface area contributed by atoms with Crippen molar-refractivity contribution in [3.05, 3.63) is 28.9 Å². The summed E-state index contributed by atoms with van der Waals surface area (Å²) in [7, 11) is 0. The molecule has 1 aliphatic rings. The standard InChI is InChI=1S/C17H20F3N5OS/c1-10(2)15-23-24-16(27-15)22-14(26)11-5-4-8-25(9-11)13-12(17(18,19)20)6-3-7-21-13/h3,6-7,10-11H,4-5,8-9H2,1-2H3,(H,22,24,26). The first-order valence-corrected chi connectivity index (χ1v) is 9.48. The molecule has 0 aliphatic carbocycles. The topological polar surface area (TPSA) is 71.0 Å². The maximum absolute atomic E-state index is 13.3. The normalized spacial score (nSPS) is 18.0. The monoisotopic (exact) mass is 399 g/mol. The lowest BCUT2D eigenvalue weighted by molar-refractivity contribution is -0.137. The van der Waals surface area contributed by atoms with Gasteiger partial charge in [0.25, 0.3) is 0 Å². The molecule has 3 heterocycles. The lowest BCUT2D eigenvalue weighted by Crippen LogP contribution is -2.42.